The van der Waals surface area contributed by atoms with Crippen molar-refractivity contribution in [3.63, 3.8) is 0 Å². The Kier molecular flexibility index (Phi) is 5.80. The molecule has 2 aromatic heterocycles. The van der Waals surface area contributed by atoms with E-state index in [1.807, 2.05) is 42.7 Å². The van der Waals surface area contributed by atoms with Crippen LogP contribution in [-0.2, 0) is 6.42 Å². The van der Waals surface area contributed by atoms with Gasteiger partial charge in [-0.3, -0.25) is 5.10 Å². The number of H-pyrrole nitrogens is 1. The maximum Gasteiger partial charge on any atom is 0.246 e. The minimum atomic E-state index is 0.368. The lowest BCUT2D eigenvalue weighted by Gasteiger charge is -2.07. The van der Waals surface area contributed by atoms with Gasteiger partial charge in [-0.15, -0.1) is 5.10 Å². The Labute approximate surface area is 178 Å². The summed E-state index contributed by atoms with van der Waals surface area (Å²) in [6.45, 7) is 2.12. The maximum atomic E-state index is 5.80. The van der Waals surface area contributed by atoms with E-state index < -0.39 is 0 Å². The first-order chi connectivity index (χ1) is 14.6. The number of aromatic nitrogens is 5. The molecule has 0 atom stereocenters. The van der Waals surface area contributed by atoms with Crippen LogP contribution >= 0.6 is 11.8 Å². The lowest BCUT2D eigenvalue weighted by atomic mass is 10.1. The molecule has 0 unspecified atom stereocenters. The summed E-state index contributed by atoms with van der Waals surface area (Å²) in [6.07, 6.45) is 2.86. The van der Waals surface area contributed by atoms with Crippen molar-refractivity contribution < 1.29 is 4.74 Å². The second-order valence-corrected chi connectivity index (χ2v) is 7.20. The Morgan fingerprint density at radius 2 is 1.90 bits per heavy atom. The number of nitrogens with zero attached hydrogens (tertiary/aromatic N) is 4. The van der Waals surface area contributed by atoms with Gasteiger partial charge in [0.15, 0.2) is 11.0 Å². The van der Waals surface area contributed by atoms with Gasteiger partial charge < -0.3 is 15.8 Å². The van der Waals surface area contributed by atoms with Gasteiger partial charge in [-0.05, 0) is 54.6 Å². The second-order valence-electron chi connectivity index (χ2n) is 6.43. The molecular formula is C21H21N7OS. The Hall–Kier alpha value is -3.59. The summed E-state index contributed by atoms with van der Waals surface area (Å²) in [5, 5.41) is 11.0. The highest BCUT2D eigenvalue weighted by Crippen LogP contribution is 2.26. The van der Waals surface area contributed by atoms with E-state index >= 15 is 0 Å². The van der Waals surface area contributed by atoms with Crippen LogP contribution < -0.4 is 15.8 Å². The van der Waals surface area contributed by atoms with Crippen molar-refractivity contribution in [2.75, 3.05) is 17.3 Å². The smallest absolute Gasteiger partial charge is 0.246 e. The quantitative estimate of drug-likeness (QED) is 0.293. The van der Waals surface area contributed by atoms with Crippen LogP contribution in [-0.4, -0.2) is 31.4 Å². The number of nitrogens with two attached hydrogens (primary N) is 1. The fourth-order valence-electron chi connectivity index (χ4n) is 2.81. The summed E-state index contributed by atoms with van der Waals surface area (Å²) < 4.78 is 5.80. The zero-order valence-electron chi connectivity index (χ0n) is 16.6. The van der Waals surface area contributed by atoms with Gasteiger partial charge in [-0.1, -0.05) is 30.8 Å². The summed E-state index contributed by atoms with van der Waals surface area (Å²) in [5.74, 6) is 2.58. The molecule has 9 heteroatoms. The van der Waals surface area contributed by atoms with Gasteiger partial charge >= 0.3 is 0 Å². The zero-order chi connectivity index (χ0) is 20.9. The van der Waals surface area contributed by atoms with Crippen molar-refractivity contribution in [2.45, 2.75) is 18.5 Å². The van der Waals surface area contributed by atoms with Crippen LogP contribution in [0.15, 0.2) is 59.8 Å². The molecule has 0 saturated heterocycles. The van der Waals surface area contributed by atoms with Crippen LogP contribution in [0.5, 0.6) is 11.6 Å². The van der Waals surface area contributed by atoms with Crippen LogP contribution in [0, 0.1) is 0 Å². The number of nitrogens with one attached hydrogen (secondary N) is 2. The first-order valence-corrected chi connectivity index (χ1v) is 10.6. The highest BCUT2D eigenvalue weighted by Gasteiger charge is 2.08. The van der Waals surface area contributed by atoms with E-state index in [2.05, 4.69) is 49.5 Å². The number of thioether (sulfide) groups is 1. The molecule has 0 spiro atoms. The molecule has 2 aromatic carbocycles. The summed E-state index contributed by atoms with van der Waals surface area (Å²) in [6, 6.07) is 17.3. The molecule has 0 aliphatic heterocycles. The Morgan fingerprint density at radius 1 is 1.07 bits per heavy atom. The monoisotopic (exact) mass is 419 g/mol. The van der Waals surface area contributed by atoms with E-state index in [9.17, 15) is 0 Å². The molecule has 30 heavy (non-hydrogen) atoms. The van der Waals surface area contributed by atoms with E-state index in [1.165, 1.54) is 17.3 Å². The predicted octanol–water partition coefficient (Wildman–Crippen LogP) is 4.66. The fraction of sp³-hybridized carbons (Fsp3) is 0.143. The third kappa shape index (κ3) is 4.69. The largest absolute Gasteiger partial charge is 0.439 e. The standard InChI is InChI=1S/C21H21N7OS/c1-3-13-5-4-6-15(11-13)23-20-26-19(27-28-20)14-7-9-16(10-8-14)29-18-12-17(22)24-21(25-18)30-2/h4-12H,3H2,1-2H3,(H2,22,24,25)(H2,23,26,27,28). The van der Waals surface area contributed by atoms with Gasteiger partial charge in [0.2, 0.25) is 11.8 Å². The Morgan fingerprint density at radius 3 is 2.67 bits per heavy atom. The second kappa shape index (κ2) is 8.83. The molecule has 4 rings (SSSR count). The maximum absolute atomic E-state index is 5.80. The number of benzene rings is 2. The molecule has 0 saturated carbocycles. The van der Waals surface area contributed by atoms with E-state index in [1.54, 1.807) is 6.07 Å². The molecule has 4 aromatic rings. The Balaban J connectivity index is 1.46. The van der Waals surface area contributed by atoms with Crippen LogP contribution in [0.25, 0.3) is 11.4 Å². The average Bonchev–Trinajstić information content (AvgIpc) is 3.22. The van der Waals surface area contributed by atoms with Crippen molar-refractivity contribution in [3.8, 4) is 23.0 Å². The number of hydrogen-bond donors (Lipinski definition) is 3. The van der Waals surface area contributed by atoms with E-state index in [-0.39, 0.29) is 0 Å². The highest BCUT2D eigenvalue weighted by atomic mass is 32.2. The average molecular weight is 420 g/mol. The molecule has 152 valence electrons. The molecule has 8 nitrogen and oxygen atoms in total. The van der Waals surface area contributed by atoms with Crippen molar-refractivity contribution >= 4 is 29.2 Å². The molecular weight excluding hydrogens is 398 g/mol. The van der Waals surface area contributed by atoms with Gasteiger partial charge in [-0.2, -0.15) is 9.97 Å². The minimum absolute atomic E-state index is 0.368. The summed E-state index contributed by atoms with van der Waals surface area (Å²) in [5.41, 5.74) is 8.89. The number of hydrogen-bond acceptors (Lipinski definition) is 8. The number of anilines is 3. The molecule has 0 bridgehead atoms. The minimum Gasteiger partial charge on any atom is -0.439 e. The van der Waals surface area contributed by atoms with E-state index in [0.29, 0.717) is 34.4 Å². The molecule has 0 amide bonds. The van der Waals surface area contributed by atoms with Gasteiger partial charge in [0.05, 0.1) is 0 Å². The van der Waals surface area contributed by atoms with Crippen molar-refractivity contribution in [1.82, 2.24) is 25.1 Å². The van der Waals surface area contributed by atoms with Gasteiger partial charge in [-0.25, -0.2) is 4.98 Å². The fourth-order valence-corrected chi connectivity index (χ4v) is 3.19. The lowest BCUT2D eigenvalue weighted by molar-refractivity contribution is 0.456. The van der Waals surface area contributed by atoms with Crippen molar-refractivity contribution in [1.29, 1.82) is 0 Å². The topological polar surface area (TPSA) is 115 Å². The predicted molar refractivity (Wildman–Crippen MR) is 119 cm³/mol. The van der Waals surface area contributed by atoms with Crippen molar-refractivity contribution in [3.05, 3.63) is 60.2 Å². The Bertz CT molecular complexity index is 1140. The highest BCUT2D eigenvalue weighted by molar-refractivity contribution is 7.98. The molecule has 0 aliphatic carbocycles. The first-order valence-electron chi connectivity index (χ1n) is 9.38. The normalized spacial score (nSPS) is 10.7. The number of rotatable bonds is 7. The number of nitrogen functional groups attached to an aromatic ring is 1. The van der Waals surface area contributed by atoms with Crippen molar-refractivity contribution in [2.24, 2.45) is 0 Å². The lowest BCUT2D eigenvalue weighted by Crippen LogP contribution is -1.97. The third-order valence-electron chi connectivity index (χ3n) is 4.31. The van der Waals surface area contributed by atoms with E-state index in [0.717, 1.165) is 17.7 Å². The van der Waals surface area contributed by atoms with Gasteiger partial charge in [0.25, 0.3) is 0 Å². The third-order valence-corrected chi connectivity index (χ3v) is 4.86. The van der Waals surface area contributed by atoms with Gasteiger partial charge in [0, 0.05) is 17.3 Å². The zero-order valence-corrected chi connectivity index (χ0v) is 17.4. The van der Waals surface area contributed by atoms with Crippen LogP contribution in [0.1, 0.15) is 12.5 Å². The SMILES string of the molecule is CCc1cccc(Nc2n[nH]c(-c3ccc(Oc4cc(N)nc(SC)n4)cc3)n2)c1. The summed E-state index contributed by atoms with van der Waals surface area (Å²) in [4.78, 5) is 12.9. The number of ether oxygens (including phenoxy) is 1. The number of aromatic amines is 1. The molecule has 4 N–H and O–H groups in total. The summed E-state index contributed by atoms with van der Waals surface area (Å²) >= 11 is 1.40. The number of aryl methyl sites for hydroxylation is 1. The van der Waals surface area contributed by atoms with Crippen LogP contribution in [0.4, 0.5) is 17.5 Å². The molecule has 0 radical (unpaired) electrons. The van der Waals surface area contributed by atoms with Gasteiger partial charge in [0.1, 0.15) is 11.6 Å². The van der Waals surface area contributed by atoms with E-state index in [4.69, 9.17) is 10.5 Å². The van der Waals surface area contributed by atoms with Crippen LogP contribution in [0.2, 0.25) is 0 Å². The molecule has 2 heterocycles. The van der Waals surface area contributed by atoms with Crippen LogP contribution in [0.3, 0.4) is 0 Å². The molecule has 0 aliphatic rings. The first kappa shape index (κ1) is 19.7. The molecule has 0 fully saturated rings. The summed E-state index contributed by atoms with van der Waals surface area (Å²) in [7, 11) is 0.